The molecule has 1 aliphatic heterocycles. The maximum absolute atomic E-state index is 11.8. The number of carbonyl (C=O) groups is 1. The zero-order chi connectivity index (χ0) is 12.1. The van der Waals surface area contributed by atoms with Gasteiger partial charge in [-0.3, -0.25) is 4.79 Å². The van der Waals surface area contributed by atoms with Crippen LogP contribution in [-0.4, -0.2) is 50.1 Å². The van der Waals surface area contributed by atoms with Crippen molar-refractivity contribution in [3.8, 4) is 0 Å². The van der Waals surface area contributed by atoms with E-state index in [9.17, 15) is 4.79 Å². The van der Waals surface area contributed by atoms with Crippen molar-refractivity contribution in [2.75, 3.05) is 33.2 Å². The Morgan fingerprint density at radius 3 is 2.59 bits per heavy atom. The van der Waals surface area contributed by atoms with Gasteiger partial charge in [-0.1, -0.05) is 6.92 Å². The molecule has 1 heterocycles. The molecule has 1 saturated heterocycles. The maximum Gasteiger partial charge on any atom is 0.224 e. The van der Waals surface area contributed by atoms with Crippen LogP contribution in [0.25, 0.3) is 0 Å². The average Bonchev–Trinajstić information content (AvgIpc) is 2.64. The van der Waals surface area contributed by atoms with Gasteiger partial charge in [-0.2, -0.15) is 0 Å². The molecule has 0 bridgehead atoms. The lowest BCUT2D eigenvalue weighted by molar-refractivity contribution is -0.125. The summed E-state index contributed by atoms with van der Waals surface area (Å²) in [5, 5.41) is 6.27. The summed E-state index contributed by atoms with van der Waals surface area (Å²) < 4.78 is 0. The molecule has 0 aromatic carbocycles. The lowest BCUT2D eigenvalue weighted by Crippen LogP contribution is -2.40. The van der Waals surface area contributed by atoms with Crippen molar-refractivity contribution in [3.05, 3.63) is 0 Å². The van der Waals surface area contributed by atoms with E-state index in [0.29, 0.717) is 12.0 Å². The van der Waals surface area contributed by atoms with Crippen molar-refractivity contribution in [2.45, 2.75) is 26.8 Å². The first-order chi connectivity index (χ1) is 7.52. The number of rotatable bonds is 5. The SMILES string of the molecule is CC(C)N(C)CCNC(=O)[C@@H]1CNC[C@H]1C.Cl. The lowest BCUT2D eigenvalue weighted by Gasteiger charge is -2.22. The standard InChI is InChI=1S/C12H25N3O.ClH/c1-9(2)15(4)6-5-14-12(16)11-8-13-7-10(11)3;/h9-11,13H,5-8H2,1-4H3,(H,14,16);1H/t10-,11-;/m1./s1. The molecule has 0 saturated carbocycles. The molecule has 0 aliphatic carbocycles. The van der Waals surface area contributed by atoms with Gasteiger partial charge in [0.15, 0.2) is 0 Å². The summed E-state index contributed by atoms with van der Waals surface area (Å²) in [7, 11) is 2.08. The summed E-state index contributed by atoms with van der Waals surface area (Å²) in [6, 6.07) is 0.531. The normalized spacial score (nSPS) is 23.9. The monoisotopic (exact) mass is 263 g/mol. The van der Waals surface area contributed by atoms with Crippen LogP contribution >= 0.6 is 12.4 Å². The Labute approximate surface area is 111 Å². The molecule has 2 atom stereocenters. The lowest BCUT2D eigenvalue weighted by atomic mass is 9.97. The molecule has 0 unspecified atom stereocenters. The minimum atomic E-state index is 0. The van der Waals surface area contributed by atoms with Crippen LogP contribution in [0.5, 0.6) is 0 Å². The third-order valence-corrected chi connectivity index (χ3v) is 3.50. The molecule has 4 nitrogen and oxygen atoms in total. The highest BCUT2D eigenvalue weighted by Gasteiger charge is 2.29. The number of amides is 1. The van der Waals surface area contributed by atoms with Crippen molar-refractivity contribution >= 4 is 18.3 Å². The van der Waals surface area contributed by atoms with Crippen LogP contribution in [0.15, 0.2) is 0 Å². The molecule has 1 fully saturated rings. The predicted octanol–water partition coefficient (Wildman–Crippen LogP) is 0.720. The van der Waals surface area contributed by atoms with E-state index in [2.05, 4.69) is 43.4 Å². The second-order valence-corrected chi connectivity index (χ2v) is 5.11. The number of hydrogen-bond acceptors (Lipinski definition) is 3. The molecule has 1 amide bonds. The van der Waals surface area contributed by atoms with Gasteiger partial charge < -0.3 is 15.5 Å². The van der Waals surface area contributed by atoms with Gasteiger partial charge in [0.2, 0.25) is 5.91 Å². The second-order valence-electron chi connectivity index (χ2n) is 5.11. The second kappa shape index (κ2) is 7.90. The highest BCUT2D eigenvalue weighted by atomic mass is 35.5. The quantitative estimate of drug-likeness (QED) is 0.768. The van der Waals surface area contributed by atoms with Crippen LogP contribution in [0.2, 0.25) is 0 Å². The van der Waals surface area contributed by atoms with Gasteiger partial charge >= 0.3 is 0 Å². The van der Waals surface area contributed by atoms with Crippen LogP contribution in [0, 0.1) is 11.8 Å². The maximum atomic E-state index is 11.8. The largest absolute Gasteiger partial charge is 0.355 e. The number of nitrogens with one attached hydrogen (secondary N) is 2. The number of nitrogens with zero attached hydrogens (tertiary/aromatic N) is 1. The van der Waals surface area contributed by atoms with Crippen molar-refractivity contribution in [2.24, 2.45) is 11.8 Å². The first-order valence-corrected chi connectivity index (χ1v) is 6.21. The van der Waals surface area contributed by atoms with Gasteiger partial charge in [0.25, 0.3) is 0 Å². The van der Waals surface area contributed by atoms with Gasteiger partial charge in [-0.05, 0) is 33.4 Å². The van der Waals surface area contributed by atoms with Gasteiger partial charge in [0, 0.05) is 25.7 Å². The van der Waals surface area contributed by atoms with E-state index >= 15 is 0 Å². The van der Waals surface area contributed by atoms with E-state index < -0.39 is 0 Å². The molecule has 1 aliphatic rings. The van der Waals surface area contributed by atoms with Gasteiger partial charge in [-0.25, -0.2) is 0 Å². The number of hydrogen-bond donors (Lipinski definition) is 2. The minimum absolute atomic E-state index is 0. The summed E-state index contributed by atoms with van der Waals surface area (Å²) in [5.74, 6) is 0.821. The molecular formula is C12H26ClN3O. The fourth-order valence-corrected chi connectivity index (χ4v) is 1.91. The molecule has 0 spiro atoms. The zero-order valence-corrected chi connectivity index (χ0v) is 12.1. The first kappa shape index (κ1) is 16.7. The van der Waals surface area contributed by atoms with Crippen LogP contribution in [-0.2, 0) is 4.79 Å². The highest BCUT2D eigenvalue weighted by molar-refractivity contribution is 5.85. The van der Waals surface area contributed by atoms with E-state index in [1.165, 1.54) is 0 Å². The summed E-state index contributed by atoms with van der Waals surface area (Å²) in [5.41, 5.74) is 0. The Kier molecular flexibility index (Phi) is 7.75. The van der Waals surface area contributed by atoms with E-state index in [0.717, 1.165) is 26.2 Å². The van der Waals surface area contributed by atoms with Crippen molar-refractivity contribution in [1.29, 1.82) is 0 Å². The Morgan fingerprint density at radius 2 is 2.12 bits per heavy atom. The summed E-state index contributed by atoms with van der Waals surface area (Å²) >= 11 is 0. The Hall–Kier alpha value is -0.320. The average molecular weight is 264 g/mol. The minimum Gasteiger partial charge on any atom is -0.355 e. The van der Waals surface area contributed by atoms with E-state index in [-0.39, 0.29) is 24.2 Å². The molecule has 17 heavy (non-hydrogen) atoms. The molecule has 0 aromatic heterocycles. The van der Waals surface area contributed by atoms with Crippen molar-refractivity contribution in [3.63, 3.8) is 0 Å². The number of halogens is 1. The third kappa shape index (κ3) is 5.23. The van der Waals surface area contributed by atoms with E-state index in [4.69, 9.17) is 0 Å². The van der Waals surface area contributed by atoms with Crippen molar-refractivity contribution in [1.82, 2.24) is 15.5 Å². The smallest absolute Gasteiger partial charge is 0.224 e. The van der Waals surface area contributed by atoms with Gasteiger partial charge in [-0.15, -0.1) is 12.4 Å². The molecular weight excluding hydrogens is 238 g/mol. The number of likely N-dealkylation sites (N-methyl/N-ethyl adjacent to an activating group) is 1. The molecule has 0 radical (unpaired) electrons. The van der Waals surface area contributed by atoms with Crippen LogP contribution in [0.4, 0.5) is 0 Å². The fourth-order valence-electron chi connectivity index (χ4n) is 1.91. The summed E-state index contributed by atoms with van der Waals surface area (Å²) in [6.45, 7) is 9.89. The van der Waals surface area contributed by atoms with Crippen LogP contribution in [0.1, 0.15) is 20.8 Å². The molecule has 0 aromatic rings. The summed E-state index contributed by atoms with van der Waals surface area (Å²) in [6.07, 6.45) is 0. The van der Waals surface area contributed by atoms with E-state index in [1.54, 1.807) is 0 Å². The van der Waals surface area contributed by atoms with Crippen LogP contribution in [0.3, 0.4) is 0 Å². The third-order valence-electron chi connectivity index (χ3n) is 3.50. The first-order valence-electron chi connectivity index (χ1n) is 6.21. The van der Waals surface area contributed by atoms with Crippen LogP contribution < -0.4 is 10.6 Å². The molecule has 2 N–H and O–H groups in total. The number of carbonyl (C=O) groups excluding carboxylic acids is 1. The zero-order valence-electron chi connectivity index (χ0n) is 11.3. The Balaban J connectivity index is 0.00000256. The summed E-state index contributed by atoms with van der Waals surface area (Å²) in [4.78, 5) is 14.1. The Bertz CT molecular complexity index is 236. The Morgan fingerprint density at radius 1 is 1.47 bits per heavy atom. The van der Waals surface area contributed by atoms with Crippen molar-refractivity contribution < 1.29 is 4.79 Å². The highest BCUT2D eigenvalue weighted by Crippen LogP contribution is 2.15. The molecule has 102 valence electrons. The predicted molar refractivity (Wildman–Crippen MR) is 73.5 cm³/mol. The van der Waals surface area contributed by atoms with Gasteiger partial charge in [0.05, 0.1) is 5.92 Å². The molecule has 1 rings (SSSR count). The fraction of sp³-hybridized carbons (Fsp3) is 0.917. The molecule has 5 heteroatoms. The van der Waals surface area contributed by atoms with E-state index in [1.807, 2.05) is 0 Å². The topological polar surface area (TPSA) is 44.4 Å². The van der Waals surface area contributed by atoms with Gasteiger partial charge in [0.1, 0.15) is 0 Å².